The van der Waals surface area contributed by atoms with Crippen LogP contribution in [0.1, 0.15) is 30.9 Å². The molecule has 0 spiro atoms. The minimum Gasteiger partial charge on any atom is -0.341 e. The van der Waals surface area contributed by atoms with Crippen molar-refractivity contribution in [3.63, 3.8) is 0 Å². The third kappa shape index (κ3) is 4.25. The van der Waals surface area contributed by atoms with Gasteiger partial charge in [-0.15, -0.1) is 0 Å². The fourth-order valence-electron chi connectivity index (χ4n) is 3.42. The summed E-state index contributed by atoms with van der Waals surface area (Å²) in [7, 11) is 1.88. The third-order valence-electron chi connectivity index (χ3n) is 5.17. The van der Waals surface area contributed by atoms with Gasteiger partial charge in [-0.3, -0.25) is 9.59 Å². The Morgan fingerprint density at radius 2 is 1.96 bits per heavy atom. The van der Waals surface area contributed by atoms with E-state index in [0.717, 1.165) is 12.8 Å². The van der Waals surface area contributed by atoms with Gasteiger partial charge in [-0.25, -0.2) is 0 Å². The first-order valence-electron chi connectivity index (χ1n) is 8.65. The predicted molar refractivity (Wildman–Crippen MR) is 96.3 cm³/mol. The van der Waals surface area contributed by atoms with Gasteiger partial charge in [0.2, 0.25) is 11.8 Å². The molecule has 0 saturated carbocycles. The van der Waals surface area contributed by atoms with E-state index in [1.165, 1.54) is 17.2 Å². The van der Waals surface area contributed by atoms with Gasteiger partial charge < -0.3 is 9.80 Å². The lowest BCUT2D eigenvalue weighted by Crippen LogP contribution is -2.42. The standard InChI is InChI=1S/C20H28N2O2/c1-5-19(23)22-12-10-17(11-13-22)16(3)20(24)21(4)14-18-9-7-6-8-15(18)2/h5-9,16-17H,1,10-14H2,2-4H3. The highest BCUT2D eigenvalue weighted by Gasteiger charge is 2.30. The molecule has 1 saturated heterocycles. The van der Waals surface area contributed by atoms with E-state index in [1.807, 2.05) is 35.9 Å². The fraction of sp³-hybridized carbons (Fsp3) is 0.500. The van der Waals surface area contributed by atoms with Crippen LogP contribution >= 0.6 is 0 Å². The van der Waals surface area contributed by atoms with Crippen LogP contribution in [0.5, 0.6) is 0 Å². The first kappa shape index (κ1) is 18.2. The molecule has 130 valence electrons. The number of carbonyl (C=O) groups is 2. The first-order chi connectivity index (χ1) is 11.4. The molecule has 1 aliphatic heterocycles. The summed E-state index contributed by atoms with van der Waals surface area (Å²) in [4.78, 5) is 28.1. The molecular formula is C20H28N2O2. The molecule has 2 amide bonds. The lowest BCUT2D eigenvalue weighted by Gasteiger charge is -2.35. The molecule has 4 nitrogen and oxygen atoms in total. The van der Waals surface area contributed by atoms with Crippen molar-refractivity contribution in [2.45, 2.75) is 33.2 Å². The maximum atomic E-state index is 12.8. The number of hydrogen-bond acceptors (Lipinski definition) is 2. The number of amides is 2. The predicted octanol–water partition coefficient (Wildman–Crippen LogP) is 3.01. The van der Waals surface area contributed by atoms with Gasteiger partial charge in [0.05, 0.1) is 0 Å². The zero-order chi connectivity index (χ0) is 17.7. The average Bonchev–Trinajstić information content (AvgIpc) is 2.61. The highest BCUT2D eigenvalue weighted by molar-refractivity contribution is 5.87. The zero-order valence-electron chi connectivity index (χ0n) is 15.0. The van der Waals surface area contributed by atoms with Crippen LogP contribution in [0, 0.1) is 18.8 Å². The topological polar surface area (TPSA) is 40.6 Å². The molecular weight excluding hydrogens is 300 g/mol. The summed E-state index contributed by atoms with van der Waals surface area (Å²) in [5.74, 6) is 0.501. The van der Waals surface area contributed by atoms with E-state index in [9.17, 15) is 9.59 Å². The number of rotatable bonds is 5. The van der Waals surface area contributed by atoms with Gasteiger partial charge in [-0.05, 0) is 42.9 Å². The Bertz CT molecular complexity index is 603. The summed E-state index contributed by atoms with van der Waals surface area (Å²) in [6.07, 6.45) is 3.13. The molecule has 1 aliphatic rings. The van der Waals surface area contributed by atoms with Crippen molar-refractivity contribution in [1.82, 2.24) is 9.80 Å². The maximum Gasteiger partial charge on any atom is 0.245 e. The van der Waals surface area contributed by atoms with Crippen molar-refractivity contribution in [3.8, 4) is 0 Å². The van der Waals surface area contributed by atoms with E-state index < -0.39 is 0 Å². The summed E-state index contributed by atoms with van der Waals surface area (Å²) in [5, 5.41) is 0. The minimum absolute atomic E-state index is 0.0101. The molecule has 4 heteroatoms. The molecule has 0 aromatic heterocycles. The molecule has 1 unspecified atom stereocenters. The van der Waals surface area contributed by atoms with Crippen LogP contribution in [0.2, 0.25) is 0 Å². The second kappa shape index (κ2) is 8.13. The largest absolute Gasteiger partial charge is 0.341 e. The van der Waals surface area contributed by atoms with Gasteiger partial charge in [0, 0.05) is 32.6 Å². The molecule has 1 heterocycles. The Labute approximate surface area is 145 Å². The number of carbonyl (C=O) groups excluding carboxylic acids is 2. The highest BCUT2D eigenvalue weighted by Crippen LogP contribution is 2.27. The second-order valence-electron chi connectivity index (χ2n) is 6.78. The summed E-state index contributed by atoms with van der Waals surface area (Å²) in [6, 6.07) is 8.17. The summed E-state index contributed by atoms with van der Waals surface area (Å²) < 4.78 is 0. The van der Waals surface area contributed by atoms with E-state index in [4.69, 9.17) is 0 Å². The van der Waals surface area contributed by atoms with E-state index in [1.54, 1.807) is 0 Å². The molecule has 0 N–H and O–H groups in total. The van der Waals surface area contributed by atoms with Crippen molar-refractivity contribution in [1.29, 1.82) is 0 Å². The number of nitrogens with zero attached hydrogens (tertiary/aromatic N) is 2. The van der Waals surface area contributed by atoms with Gasteiger partial charge in [0.1, 0.15) is 0 Å². The monoisotopic (exact) mass is 328 g/mol. The van der Waals surface area contributed by atoms with Crippen molar-refractivity contribution < 1.29 is 9.59 Å². The Morgan fingerprint density at radius 1 is 1.33 bits per heavy atom. The number of hydrogen-bond donors (Lipinski definition) is 0. The molecule has 2 rings (SSSR count). The van der Waals surface area contributed by atoms with Crippen molar-refractivity contribution in [3.05, 3.63) is 48.0 Å². The zero-order valence-corrected chi connectivity index (χ0v) is 15.0. The van der Waals surface area contributed by atoms with E-state index in [-0.39, 0.29) is 17.7 Å². The number of likely N-dealkylation sites (tertiary alicyclic amines) is 1. The molecule has 1 aromatic carbocycles. The quantitative estimate of drug-likeness (QED) is 0.780. The van der Waals surface area contributed by atoms with Gasteiger partial charge in [-0.2, -0.15) is 0 Å². The molecule has 1 fully saturated rings. The third-order valence-corrected chi connectivity index (χ3v) is 5.17. The van der Waals surface area contributed by atoms with Gasteiger partial charge in [-0.1, -0.05) is 37.8 Å². The van der Waals surface area contributed by atoms with Crippen LogP contribution in [-0.4, -0.2) is 41.8 Å². The van der Waals surface area contributed by atoms with Gasteiger partial charge in [0.15, 0.2) is 0 Å². The number of piperidine rings is 1. The Balaban J connectivity index is 1.91. The molecule has 24 heavy (non-hydrogen) atoms. The van der Waals surface area contributed by atoms with Crippen molar-refractivity contribution >= 4 is 11.8 Å². The second-order valence-corrected chi connectivity index (χ2v) is 6.78. The molecule has 0 radical (unpaired) electrons. The van der Waals surface area contributed by atoms with Crippen LogP contribution in [0.4, 0.5) is 0 Å². The molecule has 0 aliphatic carbocycles. The Hall–Kier alpha value is -2.10. The summed E-state index contributed by atoms with van der Waals surface area (Å²) >= 11 is 0. The Morgan fingerprint density at radius 3 is 2.54 bits per heavy atom. The van der Waals surface area contributed by atoms with Gasteiger partial charge >= 0.3 is 0 Å². The van der Waals surface area contributed by atoms with E-state index in [2.05, 4.69) is 25.6 Å². The molecule has 1 atom stereocenters. The van der Waals surface area contributed by atoms with Crippen molar-refractivity contribution in [2.24, 2.45) is 11.8 Å². The smallest absolute Gasteiger partial charge is 0.245 e. The minimum atomic E-state index is -0.0139. The Kier molecular flexibility index (Phi) is 6.18. The van der Waals surface area contributed by atoms with Crippen LogP contribution < -0.4 is 0 Å². The number of benzene rings is 1. The van der Waals surface area contributed by atoms with Crippen LogP contribution in [0.25, 0.3) is 0 Å². The van der Waals surface area contributed by atoms with Crippen LogP contribution in [0.3, 0.4) is 0 Å². The van der Waals surface area contributed by atoms with Crippen molar-refractivity contribution in [2.75, 3.05) is 20.1 Å². The molecule has 0 bridgehead atoms. The van der Waals surface area contributed by atoms with E-state index in [0.29, 0.717) is 25.6 Å². The molecule has 1 aromatic rings. The lowest BCUT2D eigenvalue weighted by atomic mass is 9.84. The summed E-state index contributed by atoms with van der Waals surface area (Å²) in [5.41, 5.74) is 2.40. The maximum absolute atomic E-state index is 12.8. The first-order valence-corrected chi connectivity index (χ1v) is 8.65. The fourth-order valence-corrected chi connectivity index (χ4v) is 3.42. The van der Waals surface area contributed by atoms with E-state index >= 15 is 0 Å². The average molecular weight is 328 g/mol. The lowest BCUT2D eigenvalue weighted by molar-refractivity contribution is -0.137. The summed E-state index contributed by atoms with van der Waals surface area (Å²) in [6.45, 7) is 9.71. The van der Waals surface area contributed by atoms with Crippen LogP contribution in [0.15, 0.2) is 36.9 Å². The highest BCUT2D eigenvalue weighted by atomic mass is 16.2. The van der Waals surface area contributed by atoms with Gasteiger partial charge in [0.25, 0.3) is 0 Å². The number of aryl methyl sites for hydroxylation is 1. The van der Waals surface area contributed by atoms with Crippen LogP contribution in [-0.2, 0) is 16.1 Å². The normalized spacial score (nSPS) is 16.5. The SMILES string of the molecule is C=CC(=O)N1CCC(C(C)C(=O)N(C)Cc2ccccc2C)CC1.